The van der Waals surface area contributed by atoms with Crippen LogP contribution in [0.2, 0.25) is 0 Å². The van der Waals surface area contributed by atoms with Crippen molar-refractivity contribution < 1.29 is 0 Å². The first kappa shape index (κ1) is 10.6. The highest BCUT2D eigenvalue weighted by molar-refractivity contribution is 5.88. The Hall–Kier alpha value is -2.51. The lowest BCUT2D eigenvalue weighted by molar-refractivity contribution is 0.607. The number of rotatable bonds is 3. The Kier molecular flexibility index (Phi) is 2.40. The number of anilines is 1. The number of fused-ring (bicyclic) bond motifs is 1. The van der Waals surface area contributed by atoms with Crippen molar-refractivity contribution in [2.45, 2.75) is 19.9 Å². The molecule has 0 aliphatic rings. The fraction of sp³-hybridized carbons (Fsp3) is 0.300. The van der Waals surface area contributed by atoms with Crippen LogP contribution in [0.4, 0.5) is 5.95 Å². The summed E-state index contributed by atoms with van der Waals surface area (Å²) in [6.45, 7) is 2.85. The lowest BCUT2D eigenvalue weighted by Gasteiger charge is -2.05. The lowest BCUT2D eigenvalue weighted by Crippen LogP contribution is -2.05. The summed E-state index contributed by atoms with van der Waals surface area (Å²) in [5, 5.41) is 11.7. The van der Waals surface area contributed by atoms with E-state index in [4.69, 9.17) is 5.73 Å². The second kappa shape index (κ2) is 4.06. The molecule has 0 amide bonds. The maximum Gasteiger partial charge on any atom is 0.222 e. The Morgan fingerprint density at radius 1 is 1.39 bits per heavy atom. The van der Waals surface area contributed by atoms with Gasteiger partial charge in [-0.15, -0.1) is 0 Å². The number of H-pyrrole nitrogens is 1. The van der Waals surface area contributed by atoms with Crippen LogP contribution < -0.4 is 5.73 Å². The molecular weight excluding hydrogens is 232 g/mol. The molecule has 8 nitrogen and oxygen atoms in total. The molecule has 0 aliphatic carbocycles. The van der Waals surface area contributed by atoms with Gasteiger partial charge in [-0.3, -0.25) is 5.10 Å². The van der Waals surface area contributed by atoms with Gasteiger partial charge in [-0.1, -0.05) is 6.92 Å². The second-order valence-corrected chi connectivity index (χ2v) is 3.87. The maximum absolute atomic E-state index is 5.69. The standard InChI is InChI=1S/C10H12N8/c1-2-3-18-9(12-5-14-18)7-6-4-13-17-8(6)16-10(11)15-7/h4-5H,2-3H2,1H3,(H3,11,13,15,16,17). The normalized spacial score (nSPS) is 11.2. The molecular formula is C10H12N8. The first-order chi connectivity index (χ1) is 8.79. The van der Waals surface area contributed by atoms with Gasteiger partial charge in [0.1, 0.15) is 12.0 Å². The van der Waals surface area contributed by atoms with Crippen molar-refractivity contribution in [1.82, 2.24) is 34.9 Å². The highest BCUT2D eigenvalue weighted by Crippen LogP contribution is 2.23. The van der Waals surface area contributed by atoms with Gasteiger partial charge in [0.15, 0.2) is 11.5 Å². The molecule has 3 aromatic heterocycles. The minimum atomic E-state index is 0.188. The van der Waals surface area contributed by atoms with Crippen LogP contribution in [0.5, 0.6) is 0 Å². The highest BCUT2D eigenvalue weighted by Gasteiger charge is 2.15. The Morgan fingerprint density at radius 3 is 3.11 bits per heavy atom. The quantitative estimate of drug-likeness (QED) is 0.698. The average Bonchev–Trinajstić information content (AvgIpc) is 2.96. The van der Waals surface area contributed by atoms with E-state index < -0.39 is 0 Å². The number of nitrogen functional groups attached to an aromatic ring is 1. The molecule has 3 rings (SSSR count). The molecule has 0 radical (unpaired) electrons. The molecule has 0 saturated heterocycles. The molecule has 0 aromatic carbocycles. The van der Waals surface area contributed by atoms with Gasteiger partial charge in [0.25, 0.3) is 0 Å². The molecule has 3 heterocycles. The molecule has 3 aromatic rings. The fourth-order valence-corrected chi connectivity index (χ4v) is 1.85. The van der Waals surface area contributed by atoms with E-state index in [0.717, 1.165) is 18.4 Å². The number of nitrogens with one attached hydrogen (secondary N) is 1. The van der Waals surface area contributed by atoms with Crippen LogP contribution in [0.25, 0.3) is 22.6 Å². The van der Waals surface area contributed by atoms with E-state index in [-0.39, 0.29) is 5.95 Å². The molecule has 0 atom stereocenters. The fourth-order valence-electron chi connectivity index (χ4n) is 1.85. The van der Waals surface area contributed by atoms with Gasteiger partial charge in [-0.05, 0) is 6.42 Å². The summed E-state index contributed by atoms with van der Waals surface area (Å²) in [7, 11) is 0. The summed E-state index contributed by atoms with van der Waals surface area (Å²) in [4.78, 5) is 12.6. The van der Waals surface area contributed by atoms with Gasteiger partial charge in [-0.25, -0.2) is 14.6 Å². The number of aryl methyl sites for hydroxylation is 1. The number of aromatic nitrogens is 7. The van der Waals surface area contributed by atoms with Crippen LogP contribution in [0.1, 0.15) is 13.3 Å². The van der Waals surface area contributed by atoms with Gasteiger partial charge in [0.05, 0.1) is 11.6 Å². The molecule has 92 valence electrons. The summed E-state index contributed by atoms with van der Waals surface area (Å²) >= 11 is 0. The molecule has 8 heteroatoms. The van der Waals surface area contributed by atoms with Gasteiger partial charge in [0.2, 0.25) is 5.95 Å². The third-order valence-electron chi connectivity index (χ3n) is 2.59. The minimum Gasteiger partial charge on any atom is -0.368 e. The zero-order valence-electron chi connectivity index (χ0n) is 9.83. The summed E-state index contributed by atoms with van der Waals surface area (Å²) < 4.78 is 1.80. The van der Waals surface area contributed by atoms with Crippen molar-refractivity contribution >= 4 is 17.0 Å². The van der Waals surface area contributed by atoms with Gasteiger partial charge >= 0.3 is 0 Å². The first-order valence-corrected chi connectivity index (χ1v) is 5.64. The summed E-state index contributed by atoms with van der Waals surface area (Å²) in [5.41, 5.74) is 6.94. The van der Waals surface area contributed by atoms with Crippen LogP contribution in [-0.2, 0) is 6.54 Å². The summed E-state index contributed by atoms with van der Waals surface area (Å²) in [5.74, 6) is 0.866. The Labute approximate surface area is 102 Å². The monoisotopic (exact) mass is 244 g/mol. The Balaban J connectivity index is 2.24. The third kappa shape index (κ3) is 1.58. The van der Waals surface area contributed by atoms with E-state index in [1.165, 1.54) is 6.33 Å². The SMILES string of the molecule is CCCn1ncnc1-c1nc(N)nc2[nH]ncc12. The molecule has 3 N–H and O–H groups in total. The van der Waals surface area contributed by atoms with E-state index in [1.54, 1.807) is 10.9 Å². The molecule has 0 aliphatic heterocycles. The Morgan fingerprint density at radius 2 is 2.28 bits per heavy atom. The molecule has 0 bridgehead atoms. The minimum absolute atomic E-state index is 0.188. The Bertz CT molecular complexity index is 682. The third-order valence-corrected chi connectivity index (χ3v) is 2.59. The topological polar surface area (TPSA) is 111 Å². The number of aromatic amines is 1. The van der Waals surface area contributed by atoms with E-state index >= 15 is 0 Å². The smallest absolute Gasteiger partial charge is 0.222 e. The van der Waals surface area contributed by atoms with Gasteiger partial charge in [-0.2, -0.15) is 15.2 Å². The van der Waals surface area contributed by atoms with Crippen molar-refractivity contribution in [2.24, 2.45) is 0 Å². The van der Waals surface area contributed by atoms with Gasteiger partial charge < -0.3 is 5.73 Å². The number of hydrogen-bond acceptors (Lipinski definition) is 6. The molecule has 0 unspecified atom stereocenters. The van der Waals surface area contributed by atoms with E-state index in [2.05, 4.69) is 37.2 Å². The predicted octanol–water partition coefficient (Wildman–Crippen LogP) is 0.604. The van der Waals surface area contributed by atoms with E-state index in [1.807, 2.05) is 0 Å². The lowest BCUT2D eigenvalue weighted by atomic mass is 10.3. The van der Waals surface area contributed by atoms with E-state index in [9.17, 15) is 0 Å². The number of hydrogen-bond donors (Lipinski definition) is 2. The van der Waals surface area contributed by atoms with Crippen molar-refractivity contribution in [2.75, 3.05) is 5.73 Å². The van der Waals surface area contributed by atoms with Gasteiger partial charge in [0, 0.05) is 6.54 Å². The predicted molar refractivity (Wildman–Crippen MR) is 65.4 cm³/mol. The van der Waals surface area contributed by atoms with E-state index in [0.29, 0.717) is 17.2 Å². The second-order valence-electron chi connectivity index (χ2n) is 3.87. The van der Waals surface area contributed by atoms with Crippen LogP contribution in [-0.4, -0.2) is 34.9 Å². The number of nitrogens with two attached hydrogens (primary N) is 1. The molecule has 0 fully saturated rings. The van der Waals surface area contributed by atoms with Crippen LogP contribution >= 0.6 is 0 Å². The van der Waals surface area contributed by atoms with Crippen molar-refractivity contribution in [3.05, 3.63) is 12.5 Å². The zero-order valence-corrected chi connectivity index (χ0v) is 9.83. The van der Waals surface area contributed by atoms with Crippen LogP contribution in [0, 0.1) is 0 Å². The molecule has 0 saturated carbocycles. The van der Waals surface area contributed by atoms with Crippen molar-refractivity contribution in [1.29, 1.82) is 0 Å². The van der Waals surface area contributed by atoms with Crippen molar-refractivity contribution in [3.8, 4) is 11.5 Å². The average molecular weight is 244 g/mol. The summed E-state index contributed by atoms with van der Waals surface area (Å²) in [6.07, 6.45) is 4.13. The maximum atomic E-state index is 5.69. The van der Waals surface area contributed by atoms with Crippen LogP contribution in [0.15, 0.2) is 12.5 Å². The summed E-state index contributed by atoms with van der Waals surface area (Å²) in [6, 6.07) is 0. The zero-order chi connectivity index (χ0) is 12.5. The van der Waals surface area contributed by atoms with Crippen LogP contribution in [0.3, 0.4) is 0 Å². The molecule has 18 heavy (non-hydrogen) atoms. The molecule has 0 spiro atoms. The van der Waals surface area contributed by atoms with Crippen molar-refractivity contribution in [3.63, 3.8) is 0 Å². The number of nitrogens with zero attached hydrogens (tertiary/aromatic N) is 6. The largest absolute Gasteiger partial charge is 0.368 e. The highest BCUT2D eigenvalue weighted by atomic mass is 15.3. The first-order valence-electron chi connectivity index (χ1n) is 5.64.